The average Bonchev–Trinajstić information content (AvgIpc) is 2.46. The zero-order valence-electron chi connectivity index (χ0n) is 16.2. The molecule has 0 aliphatic carbocycles. The van der Waals surface area contributed by atoms with E-state index in [-0.39, 0.29) is 6.15 Å². The molecule has 0 spiro atoms. The zero-order valence-corrected chi connectivity index (χ0v) is 17.0. The largest absolute Gasteiger partial charge is 0.380 e. The Hall–Kier alpha value is -0.130. The van der Waals surface area contributed by atoms with Gasteiger partial charge in [0.15, 0.2) is 0 Å². The smallest absolute Gasteiger partial charge is 0.150 e. The highest BCUT2D eigenvalue weighted by molar-refractivity contribution is 7.91. The molecule has 0 bridgehead atoms. The van der Waals surface area contributed by atoms with Gasteiger partial charge in [-0.05, 0) is 19.3 Å². The first-order valence-electron chi connectivity index (χ1n) is 9.76. The Balaban J connectivity index is 0.00000529. The first-order chi connectivity index (χ1) is 11.0. The van der Waals surface area contributed by atoms with Crippen molar-refractivity contribution in [3.63, 3.8) is 0 Å². The molecule has 0 aromatic heterocycles. The van der Waals surface area contributed by atoms with Gasteiger partial charge in [-0.1, -0.05) is 71.6 Å². The molecule has 1 aliphatic heterocycles. The highest BCUT2D eigenvalue weighted by Gasteiger charge is 2.32. The van der Waals surface area contributed by atoms with Crippen molar-refractivity contribution in [2.45, 2.75) is 90.9 Å². The molecular weight excluding hydrogens is 322 g/mol. The summed E-state index contributed by atoms with van der Waals surface area (Å²) in [7, 11) is -2.76. The van der Waals surface area contributed by atoms with Gasteiger partial charge in [0.05, 0.1) is 19.0 Å². The van der Waals surface area contributed by atoms with Crippen LogP contribution in [0.3, 0.4) is 0 Å². The van der Waals surface area contributed by atoms with E-state index in [0.717, 1.165) is 32.5 Å². The molecule has 24 heavy (non-hydrogen) atoms. The van der Waals surface area contributed by atoms with Crippen LogP contribution >= 0.6 is 0 Å². The van der Waals surface area contributed by atoms with Crippen molar-refractivity contribution in [1.82, 2.24) is 6.15 Å². The van der Waals surface area contributed by atoms with E-state index in [1.807, 2.05) is 6.92 Å². The molecule has 0 amide bonds. The van der Waals surface area contributed by atoms with Crippen LogP contribution in [0.25, 0.3) is 0 Å². The van der Waals surface area contributed by atoms with E-state index in [1.54, 1.807) is 0 Å². The summed E-state index contributed by atoms with van der Waals surface area (Å²) in [5, 5.41) is 0. The topological polar surface area (TPSA) is 78.4 Å². The Morgan fingerprint density at radius 1 is 0.792 bits per heavy atom. The molecule has 3 N–H and O–H groups in total. The van der Waals surface area contributed by atoms with Crippen LogP contribution < -0.4 is 6.15 Å². The van der Waals surface area contributed by atoms with Crippen molar-refractivity contribution in [2.75, 3.05) is 24.7 Å². The van der Waals surface area contributed by atoms with E-state index in [2.05, 4.69) is 6.92 Å². The van der Waals surface area contributed by atoms with Gasteiger partial charge in [-0.3, -0.25) is 0 Å². The van der Waals surface area contributed by atoms with E-state index in [9.17, 15) is 8.42 Å². The van der Waals surface area contributed by atoms with Crippen LogP contribution in [0.2, 0.25) is 0 Å². The van der Waals surface area contributed by atoms with Gasteiger partial charge in [0.25, 0.3) is 0 Å². The van der Waals surface area contributed by atoms with Crippen molar-refractivity contribution in [2.24, 2.45) is 5.41 Å². The molecule has 146 valence electrons. The van der Waals surface area contributed by atoms with Gasteiger partial charge in [0, 0.05) is 11.2 Å². The maximum absolute atomic E-state index is 11.6. The number of rotatable bonds is 15. The number of sulfone groups is 1. The molecule has 0 saturated carbocycles. The fourth-order valence-corrected chi connectivity index (χ4v) is 4.77. The van der Waals surface area contributed by atoms with Crippen LogP contribution in [0.5, 0.6) is 0 Å². The van der Waals surface area contributed by atoms with Crippen molar-refractivity contribution >= 4 is 9.84 Å². The molecule has 0 radical (unpaired) electrons. The quantitative estimate of drug-likeness (QED) is 0.400. The van der Waals surface area contributed by atoms with Gasteiger partial charge < -0.3 is 10.9 Å². The fraction of sp³-hybridized carbons (Fsp3) is 1.00. The van der Waals surface area contributed by atoms with Gasteiger partial charge in [0.1, 0.15) is 9.84 Å². The molecule has 0 atom stereocenters. The molecule has 0 aromatic carbocycles. The van der Waals surface area contributed by atoms with Crippen molar-refractivity contribution < 1.29 is 13.2 Å². The first kappa shape index (κ1) is 23.9. The summed E-state index contributed by atoms with van der Waals surface area (Å²) in [6, 6.07) is 0. The van der Waals surface area contributed by atoms with Crippen LogP contribution in [0.15, 0.2) is 0 Å². The van der Waals surface area contributed by atoms with Crippen LogP contribution in [0.1, 0.15) is 90.9 Å². The summed E-state index contributed by atoms with van der Waals surface area (Å²) < 4.78 is 28.4. The van der Waals surface area contributed by atoms with Gasteiger partial charge in [-0.25, -0.2) is 8.42 Å². The molecule has 1 aliphatic rings. The SMILES string of the molecule is CCCS(=O)(=O)CCCCCCCCCCCCC1(C)COC1.N. The summed E-state index contributed by atoms with van der Waals surface area (Å²) in [6.45, 7) is 6.20. The first-order valence-corrected chi connectivity index (χ1v) is 11.6. The second kappa shape index (κ2) is 13.1. The number of hydrogen-bond acceptors (Lipinski definition) is 4. The molecule has 1 saturated heterocycles. The molecule has 0 unspecified atom stereocenters. The Bertz CT molecular complexity index is 391. The monoisotopic (exact) mass is 363 g/mol. The van der Waals surface area contributed by atoms with Gasteiger partial charge in [-0.2, -0.15) is 0 Å². The normalized spacial score (nSPS) is 16.4. The minimum Gasteiger partial charge on any atom is -0.380 e. The van der Waals surface area contributed by atoms with Crippen molar-refractivity contribution in [3.8, 4) is 0 Å². The molecule has 5 heteroatoms. The highest BCUT2D eigenvalue weighted by Crippen LogP contribution is 2.32. The maximum atomic E-state index is 11.6. The summed E-state index contributed by atoms with van der Waals surface area (Å²) >= 11 is 0. The zero-order chi connectivity index (χ0) is 17.0. The molecular formula is C19H41NO3S. The van der Waals surface area contributed by atoms with Crippen LogP contribution in [-0.4, -0.2) is 33.1 Å². The third-order valence-electron chi connectivity index (χ3n) is 4.90. The fourth-order valence-electron chi connectivity index (χ4n) is 3.30. The summed E-state index contributed by atoms with van der Waals surface area (Å²) in [5.41, 5.74) is 0.491. The second-order valence-corrected chi connectivity index (χ2v) is 10.0. The maximum Gasteiger partial charge on any atom is 0.150 e. The van der Waals surface area contributed by atoms with Crippen molar-refractivity contribution in [1.29, 1.82) is 0 Å². The average molecular weight is 364 g/mol. The number of ether oxygens (including phenoxy) is 1. The van der Waals surface area contributed by atoms with E-state index in [4.69, 9.17) is 4.74 Å². The van der Waals surface area contributed by atoms with Gasteiger partial charge in [-0.15, -0.1) is 0 Å². The predicted octanol–water partition coefficient (Wildman–Crippen LogP) is 5.30. The molecule has 4 nitrogen and oxygen atoms in total. The standard InChI is InChI=1S/C19H38O3S.H3N/c1-3-15-23(20,21)16-13-11-9-7-5-4-6-8-10-12-14-19(2)17-22-18-19;/h3-18H2,1-2H3;1H3. The van der Waals surface area contributed by atoms with E-state index >= 15 is 0 Å². The minimum atomic E-state index is -2.76. The molecule has 0 aromatic rings. The highest BCUT2D eigenvalue weighted by atomic mass is 32.2. The third kappa shape index (κ3) is 11.4. The number of unbranched alkanes of at least 4 members (excludes halogenated alkanes) is 9. The van der Waals surface area contributed by atoms with E-state index in [0.29, 0.717) is 16.9 Å². The molecule has 1 rings (SSSR count). The Kier molecular flexibility index (Phi) is 13.1. The lowest BCUT2D eigenvalue weighted by Crippen LogP contribution is -2.39. The summed E-state index contributed by atoms with van der Waals surface area (Å²) in [6.07, 6.45) is 14.6. The Labute approximate surface area is 150 Å². The van der Waals surface area contributed by atoms with Crippen LogP contribution in [0.4, 0.5) is 0 Å². The number of hydrogen-bond donors (Lipinski definition) is 1. The van der Waals surface area contributed by atoms with E-state index in [1.165, 1.54) is 57.8 Å². The lowest BCUT2D eigenvalue weighted by molar-refractivity contribution is -0.106. The van der Waals surface area contributed by atoms with Crippen molar-refractivity contribution in [3.05, 3.63) is 0 Å². The van der Waals surface area contributed by atoms with Gasteiger partial charge in [0.2, 0.25) is 0 Å². The summed E-state index contributed by atoms with van der Waals surface area (Å²) in [5.74, 6) is 0.754. The van der Waals surface area contributed by atoms with Crippen LogP contribution in [-0.2, 0) is 14.6 Å². The predicted molar refractivity (Wildman–Crippen MR) is 104 cm³/mol. The minimum absolute atomic E-state index is 0. The van der Waals surface area contributed by atoms with E-state index < -0.39 is 9.84 Å². The summed E-state index contributed by atoms with van der Waals surface area (Å²) in [4.78, 5) is 0. The third-order valence-corrected chi connectivity index (χ3v) is 6.84. The lowest BCUT2D eigenvalue weighted by atomic mass is 9.83. The molecule has 1 heterocycles. The molecule has 1 fully saturated rings. The Morgan fingerprint density at radius 2 is 1.25 bits per heavy atom. The van der Waals surface area contributed by atoms with Gasteiger partial charge >= 0.3 is 0 Å². The Morgan fingerprint density at radius 3 is 1.67 bits per heavy atom. The second-order valence-electron chi connectivity index (χ2n) is 7.74. The van der Waals surface area contributed by atoms with Crippen LogP contribution in [0, 0.1) is 5.41 Å². The lowest BCUT2D eigenvalue weighted by Gasteiger charge is -2.38.